The number of aromatic nitrogens is 2. The maximum absolute atomic E-state index is 12.0. The first-order chi connectivity index (χ1) is 9.76. The minimum atomic E-state index is -0.356. The Hall–Kier alpha value is -1.85. The zero-order valence-corrected chi connectivity index (χ0v) is 14.0. The zero-order chi connectivity index (χ0) is 16.2. The van der Waals surface area contributed by atoms with Gasteiger partial charge in [-0.2, -0.15) is 0 Å². The normalized spacial score (nSPS) is 12.4. The summed E-state index contributed by atoms with van der Waals surface area (Å²) < 4.78 is 0. The summed E-state index contributed by atoms with van der Waals surface area (Å²) in [5.41, 5.74) is 0.908. The first-order valence-electron chi connectivity index (χ1n) is 7.39. The van der Waals surface area contributed by atoms with E-state index in [4.69, 9.17) is 0 Å². The lowest BCUT2D eigenvalue weighted by atomic mass is 10.2. The van der Waals surface area contributed by atoms with E-state index in [1.54, 1.807) is 0 Å². The molecule has 1 heterocycles. The Morgan fingerprint density at radius 1 is 1.05 bits per heavy atom. The van der Waals surface area contributed by atoms with Gasteiger partial charge in [-0.3, -0.25) is 4.79 Å². The third-order valence-corrected chi connectivity index (χ3v) is 3.09. The molecule has 0 saturated heterocycles. The van der Waals surface area contributed by atoms with Gasteiger partial charge < -0.3 is 16.0 Å². The number of amides is 1. The Morgan fingerprint density at radius 2 is 1.62 bits per heavy atom. The van der Waals surface area contributed by atoms with Crippen LogP contribution in [0, 0.1) is 6.92 Å². The molecule has 0 spiro atoms. The van der Waals surface area contributed by atoms with Crippen molar-refractivity contribution in [3.05, 3.63) is 11.4 Å². The average molecular weight is 293 g/mol. The molecule has 0 aliphatic carbocycles. The summed E-state index contributed by atoms with van der Waals surface area (Å²) in [6.07, 6.45) is 0. The van der Waals surface area contributed by atoms with Crippen LogP contribution in [0.2, 0.25) is 0 Å². The fourth-order valence-electron chi connectivity index (χ4n) is 1.86. The molecule has 6 heteroatoms. The van der Waals surface area contributed by atoms with Gasteiger partial charge in [-0.25, -0.2) is 9.97 Å². The van der Waals surface area contributed by atoms with Gasteiger partial charge in [0.15, 0.2) is 0 Å². The highest BCUT2D eigenvalue weighted by Gasteiger charge is 2.18. The average Bonchev–Trinajstić information content (AvgIpc) is 2.39. The molecule has 1 atom stereocenters. The molecule has 1 rings (SSSR count). The highest BCUT2D eigenvalue weighted by Crippen LogP contribution is 2.23. The van der Waals surface area contributed by atoms with E-state index < -0.39 is 0 Å². The summed E-state index contributed by atoms with van der Waals surface area (Å²) >= 11 is 0. The fraction of sp³-hybridized carbons (Fsp3) is 0.667. The lowest BCUT2D eigenvalue weighted by Crippen LogP contribution is -2.41. The van der Waals surface area contributed by atoms with Crippen molar-refractivity contribution in [1.82, 2.24) is 15.3 Å². The molecule has 0 bridgehead atoms. The molecule has 1 aromatic rings. The number of nitrogens with zero attached hydrogens (tertiary/aromatic N) is 2. The summed E-state index contributed by atoms with van der Waals surface area (Å²) in [4.78, 5) is 21.0. The number of rotatable bonds is 6. The summed E-state index contributed by atoms with van der Waals surface area (Å²) in [5, 5.41) is 9.14. The molecular weight excluding hydrogens is 266 g/mol. The first kappa shape index (κ1) is 17.2. The highest BCUT2D eigenvalue weighted by molar-refractivity contribution is 5.84. The van der Waals surface area contributed by atoms with Gasteiger partial charge in [0.2, 0.25) is 5.91 Å². The van der Waals surface area contributed by atoms with E-state index in [0.29, 0.717) is 5.82 Å². The highest BCUT2D eigenvalue weighted by atomic mass is 16.2. The van der Waals surface area contributed by atoms with Crippen molar-refractivity contribution in [2.45, 2.75) is 59.5 Å². The third-order valence-electron chi connectivity index (χ3n) is 3.09. The molecule has 1 amide bonds. The second-order valence-electron chi connectivity index (χ2n) is 5.84. The van der Waals surface area contributed by atoms with Crippen molar-refractivity contribution in [3.8, 4) is 0 Å². The molecule has 118 valence electrons. The fourth-order valence-corrected chi connectivity index (χ4v) is 1.86. The maximum atomic E-state index is 12.0. The standard InChI is InChI=1S/C15H27N5O/c1-8(2)12-19-13(16-7)10(5)14(20-12)18-11(6)15(21)17-9(3)4/h8-9,11H,1-7H3,(H,17,21)(H2,16,18,19,20). The summed E-state index contributed by atoms with van der Waals surface area (Å²) in [7, 11) is 1.83. The summed E-state index contributed by atoms with van der Waals surface area (Å²) in [6, 6.07) is -0.238. The number of carbonyl (C=O) groups excluding carboxylic acids is 1. The predicted molar refractivity (Wildman–Crippen MR) is 86.8 cm³/mol. The number of hydrogen-bond donors (Lipinski definition) is 3. The van der Waals surface area contributed by atoms with Gasteiger partial charge in [0, 0.05) is 24.6 Å². The molecule has 0 aliphatic rings. The number of hydrogen-bond acceptors (Lipinski definition) is 5. The Bertz CT molecular complexity index is 499. The van der Waals surface area contributed by atoms with Crippen molar-refractivity contribution in [3.63, 3.8) is 0 Å². The van der Waals surface area contributed by atoms with Crippen molar-refractivity contribution in [2.24, 2.45) is 0 Å². The van der Waals surface area contributed by atoms with E-state index in [1.807, 2.05) is 48.6 Å². The molecule has 0 saturated carbocycles. The van der Waals surface area contributed by atoms with Crippen LogP contribution in [0.15, 0.2) is 0 Å². The van der Waals surface area contributed by atoms with Gasteiger partial charge in [-0.1, -0.05) is 13.8 Å². The van der Waals surface area contributed by atoms with Gasteiger partial charge in [0.25, 0.3) is 0 Å². The SMILES string of the molecule is CNc1nc(C(C)C)nc(NC(C)C(=O)NC(C)C)c1C. The van der Waals surface area contributed by atoms with E-state index in [-0.39, 0.29) is 23.9 Å². The van der Waals surface area contributed by atoms with Gasteiger partial charge in [-0.15, -0.1) is 0 Å². The molecule has 1 unspecified atom stereocenters. The minimum Gasteiger partial charge on any atom is -0.373 e. The van der Waals surface area contributed by atoms with Gasteiger partial charge in [0.05, 0.1) is 0 Å². The molecule has 21 heavy (non-hydrogen) atoms. The molecular formula is C15H27N5O. The van der Waals surface area contributed by atoms with E-state index in [1.165, 1.54) is 0 Å². The summed E-state index contributed by atoms with van der Waals surface area (Å²) in [5.74, 6) is 2.42. The molecule has 1 aromatic heterocycles. The smallest absolute Gasteiger partial charge is 0.242 e. The van der Waals surface area contributed by atoms with E-state index in [2.05, 4.69) is 25.9 Å². The molecule has 0 radical (unpaired) electrons. The predicted octanol–water partition coefficient (Wildman–Crippen LogP) is 2.28. The Kier molecular flexibility index (Phi) is 5.93. The van der Waals surface area contributed by atoms with Gasteiger partial charge in [-0.05, 0) is 27.7 Å². The lowest BCUT2D eigenvalue weighted by Gasteiger charge is -2.20. The number of anilines is 2. The molecule has 0 aromatic carbocycles. The second-order valence-corrected chi connectivity index (χ2v) is 5.84. The Morgan fingerprint density at radius 3 is 2.10 bits per heavy atom. The van der Waals surface area contributed by atoms with Crippen LogP contribution < -0.4 is 16.0 Å². The van der Waals surface area contributed by atoms with Crippen LogP contribution in [0.3, 0.4) is 0 Å². The van der Waals surface area contributed by atoms with Crippen LogP contribution in [0.1, 0.15) is 51.9 Å². The van der Waals surface area contributed by atoms with Gasteiger partial charge >= 0.3 is 0 Å². The van der Waals surface area contributed by atoms with Crippen LogP contribution in [-0.2, 0) is 4.79 Å². The Labute approximate surface area is 127 Å². The van der Waals surface area contributed by atoms with Crippen molar-refractivity contribution in [2.75, 3.05) is 17.7 Å². The third kappa shape index (κ3) is 4.58. The van der Waals surface area contributed by atoms with Crippen LogP contribution in [0.4, 0.5) is 11.6 Å². The molecule has 0 aliphatic heterocycles. The van der Waals surface area contributed by atoms with Crippen LogP contribution >= 0.6 is 0 Å². The number of carbonyl (C=O) groups is 1. The van der Waals surface area contributed by atoms with Gasteiger partial charge in [0.1, 0.15) is 23.5 Å². The van der Waals surface area contributed by atoms with Crippen molar-refractivity contribution in [1.29, 1.82) is 0 Å². The zero-order valence-electron chi connectivity index (χ0n) is 14.0. The topological polar surface area (TPSA) is 78.9 Å². The van der Waals surface area contributed by atoms with Crippen LogP contribution in [0.5, 0.6) is 0 Å². The largest absolute Gasteiger partial charge is 0.373 e. The Balaban J connectivity index is 3.01. The van der Waals surface area contributed by atoms with Crippen molar-refractivity contribution >= 4 is 17.5 Å². The summed E-state index contributed by atoms with van der Waals surface area (Å²) in [6.45, 7) is 11.7. The molecule has 6 nitrogen and oxygen atoms in total. The molecule has 3 N–H and O–H groups in total. The van der Waals surface area contributed by atoms with E-state index in [9.17, 15) is 4.79 Å². The number of nitrogens with one attached hydrogen (secondary N) is 3. The minimum absolute atomic E-state index is 0.0416. The molecule has 0 fully saturated rings. The maximum Gasteiger partial charge on any atom is 0.242 e. The monoisotopic (exact) mass is 293 g/mol. The van der Waals surface area contributed by atoms with E-state index in [0.717, 1.165) is 17.2 Å². The quantitative estimate of drug-likeness (QED) is 0.750. The van der Waals surface area contributed by atoms with E-state index >= 15 is 0 Å². The van der Waals surface area contributed by atoms with Crippen LogP contribution in [-0.4, -0.2) is 35.0 Å². The first-order valence-corrected chi connectivity index (χ1v) is 7.39. The van der Waals surface area contributed by atoms with Crippen molar-refractivity contribution < 1.29 is 4.79 Å². The lowest BCUT2D eigenvalue weighted by molar-refractivity contribution is -0.122. The second kappa shape index (κ2) is 7.24. The van der Waals surface area contributed by atoms with Crippen LogP contribution in [0.25, 0.3) is 0 Å².